The normalized spacial score (nSPS) is 21.0. The van der Waals surface area contributed by atoms with Crippen molar-refractivity contribution in [2.75, 3.05) is 13.1 Å². The van der Waals surface area contributed by atoms with Gasteiger partial charge in [-0.3, -0.25) is 4.68 Å². The molecule has 2 N–H and O–H groups in total. The van der Waals surface area contributed by atoms with Crippen molar-refractivity contribution >= 4 is 0 Å². The molecule has 0 aliphatic carbocycles. The number of rotatable bonds is 2. The number of hydrogen-bond donors (Lipinski definition) is 2. The van der Waals surface area contributed by atoms with Crippen molar-refractivity contribution < 1.29 is 5.11 Å². The fraction of sp³-hybridized carbons (Fsp3) is 0.700. The second-order valence-corrected chi connectivity index (χ2v) is 4.13. The summed E-state index contributed by atoms with van der Waals surface area (Å²) in [6.07, 6.45) is 4.24. The Bertz CT molecular complexity index is 302. The maximum absolute atomic E-state index is 10.2. The van der Waals surface area contributed by atoms with Crippen LogP contribution in [0.25, 0.3) is 0 Å². The van der Waals surface area contributed by atoms with Gasteiger partial charge in [0.25, 0.3) is 0 Å². The molecule has 1 aromatic heterocycles. The molecule has 0 bridgehead atoms. The number of aromatic nitrogens is 2. The van der Waals surface area contributed by atoms with E-state index in [1.165, 1.54) is 0 Å². The molecular formula is C10H17N3O. The van der Waals surface area contributed by atoms with E-state index in [1.54, 1.807) is 4.68 Å². The molecule has 4 heteroatoms. The minimum absolute atomic E-state index is 0.542. The molecule has 0 unspecified atom stereocenters. The predicted octanol–water partition coefficient (Wildman–Crippen LogP) is 0.0771. The van der Waals surface area contributed by atoms with Crippen molar-refractivity contribution in [1.82, 2.24) is 15.1 Å². The van der Waals surface area contributed by atoms with Gasteiger partial charge >= 0.3 is 0 Å². The number of aryl methyl sites for hydroxylation is 1. The maximum Gasteiger partial charge on any atom is 0.0727 e. The highest BCUT2D eigenvalue weighted by Crippen LogP contribution is 2.22. The van der Waals surface area contributed by atoms with Crippen LogP contribution in [-0.2, 0) is 13.5 Å². The van der Waals surface area contributed by atoms with Crippen LogP contribution < -0.4 is 5.32 Å². The first-order chi connectivity index (χ1) is 6.68. The molecule has 1 aliphatic rings. The van der Waals surface area contributed by atoms with E-state index < -0.39 is 5.60 Å². The van der Waals surface area contributed by atoms with Crippen molar-refractivity contribution in [1.29, 1.82) is 0 Å². The Morgan fingerprint density at radius 2 is 2.29 bits per heavy atom. The average molecular weight is 195 g/mol. The van der Waals surface area contributed by atoms with Crippen molar-refractivity contribution in [3.63, 3.8) is 0 Å². The van der Waals surface area contributed by atoms with E-state index in [9.17, 15) is 5.11 Å². The molecule has 78 valence electrons. The van der Waals surface area contributed by atoms with Gasteiger partial charge in [-0.15, -0.1) is 0 Å². The Morgan fingerprint density at radius 1 is 1.57 bits per heavy atom. The lowest BCUT2D eigenvalue weighted by atomic mass is 9.88. The summed E-state index contributed by atoms with van der Waals surface area (Å²) in [4.78, 5) is 0. The third kappa shape index (κ3) is 2.13. The summed E-state index contributed by atoms with van der Waals surface area (Å²) in [6.45, 7) is 1.81. The van der Waals surface area contributed by atoms with Crippen LogP contribution in [0, 0.1) is 0 Å². The zero-order valence-electron chi connectivity index (χ0n) is 8.53. The second kappa shape index (κ2) is 3.71. The Balaban J connectivity index is 2.01. The summed E-state index contributed by atoms with van der Waals surface area (Å²) >= 11 is 0. The van der Waals surface area contributed by atoms with Crippen molar-refractivity contribution in [2.24, 2.45) is 7.05 Å². The van der Waals surface area contributed by atoms with Crippen LogP contribution in [0.2, 0.25) is 0 Å². The van der Waals surface area contributed by atoms with Crippen LogP contribution in [0.4, 0.5) is 0 Å². The lowest BCUT2D eigenvalue weighted by molar-refractivity contribution is 0.00993. The average Bonchev–Trinajstić information content (AvgIpc) is 2.51. The van der Waals surface area contributed by atoms with Crippen molar-refractivity contribution in [3.05, 3.63) is 18.0 Å². The first-order valence-corrected chi connectivity index (χ1v) is 5.10. The summed E-state index contributed by atoms with van der Waals surface area (Å²) in [5.41, 5.74) is 0.441. The molecule has 4 nitrogen and oxygen atoms in total. The molecule has 2 rings (SSSR count). The minimum Gasteiger partial charge on any atom is -0.389 e. The number of nitrogens with one attached hydrogen (secondary N) is 1. The van der Waals surface area contributed by atoms with Crippen LogP contribution in [0.15, 0.2) is 12.3 Å². The summed E-state index contributed by atoms with van der Waals surface area (Å²) in [5.74, 6) is 0. The molecule has 0 aromatic carbocycles. The van der Waals surface area contributed by atoms with Gasteiger partial charge in [-0.2, -0.15) is 5.10 Å². The Hall–Kier alpha value is -0.870. The molecule has 1 saturated heterocycles. The van der Waals surface area contributed by atoms with E-state index >= 15 is 0 Å². The van der Waals surface area contributed by atoms with E-state index in [0.29, 0.717) is 6.42 Å². The van der Waals surface area contributed by atoms with Crippen LogP contribution in [0.1, 0.15) is 18.5 Å². The highest BCUT2D eigenvalue weighted by atomic mass is 16.3. The van der Waals surface area contributed by atoms with E-state index in [0.717, 1.165) is 31.6 Å². The number of hydrogen-bond acceptors (Lipinski definition) is 3. The first kappa shape index (κ1) is 9.68. The summed E-state index contributed by atoms with van der Waals surface area (Å²) in [6, 6.07) is 1.97. The fourth-order valence-electron chi connectivity index (χ4n) is 1.96. The summed E-state index contributed by atoms with van der Waals surface area (Å²) in [7, 11) is 1.90. The van der Waals surface area contributed by atoms with Crippen LogP contribution >= 0.6 is 0 Å². The van der Waals surface area contributed by atoms with E-state index in [1.807, 2.05) is 19.3 Å². The van der Waals surface area contributed by atoms with E-state index in [4.69, 9.17) is 0 Å². The summed E-state index contributed by atoms with van der Waals surface area (Å²) in [5, 5.41) is 17.8. The number of aliphatic hydroxyl groups is 1. The van der Waals surface area contributed by atoms with Gasteiger partial charge in [0, 0.05) is 19.7 Å². The molecule has 2 heterocycles. The predicted molar refractivity (Wildman–Crippen MR) is 54.0 cm³/mol. The smallest absolute Gasteiger partial charge is 0.0727 e. The van der Waals surface area contributed by atoms with E-state index in [-0.39, 0.29) is 0 Å². The molecule has 0 saturated carbocycles. The van der Waals surface area contributed by atoms with Crippen molar-refractivity contribution in [3.8, 4) is 0 Å². The van der Waals surface area contributed by atoms with Gasteiger partial charge in [-0.1, -0.05) is 0 Å². The van der Waals surface area contributed by atoms with Crippen molar-refractivity contribution in [2.45, 2.75) is 24.9 Å². The molecule has 1 aliphatic heterocycles. The largest absolute Gasteiger partial charge is 0.389 e. The summed E-state index contributed by atoms with van der Waals surface area (Å²) < 4.78 is 1.78. The van der Waals surface area contributed by atoms with Crippen LogP contribution in [0.3, 0.4) is 0 Å². The third-order valence-electron chi connectivity index (χ3n) is 2.81. The minimum atomic E-state index is -0.542. The van der Waals surface area contributed by atoms with Gasteiger partial charge in [0.2, 0.25) is 0 Å². The zero-order valence-corrected chi connectivity index (χ0v) is 8.53. The van der Waals surface area contributed by atoms with Gasteiger partial charge in [0.1, 0.15) is 0 Å². The monoisotopic (exact) mass is 195 g/mol. The van der Waals surface area contributed by atoms with Gasteiger partial charge < -0.3 is 10.4 Å². The number of nitrogens with zero attached hydrogens (tertiary/aromatic N) is 2. The molecular weight excluding hydrogens is 178 g/mol. The van der Waals surface area contributed by atoms with E-state index in [2.05, 4.69) is 10.4 Å². The molecule has 1 aromatic rings. The number of piperidine rings is 1. The molecule has 0 spiro atoms. The Labute approximate surface area is 83.9 Å². The van der Waals surface area contributed by atoms with Gasteiger partial charge in [0.15, 0.2) is 0 Å². The zero-order chi connectivity index (χ0) is 10.0. The highest BCUT2D eigenvalue weighted by molar-refractivity contribution is 5.04. The first-order valence-electron chi connectivity index (χ1n) is 5.10. The van der Waals surface area contributed by atoms with Crippen LogP contribution in [-0.4, -0.2) is 33.6 Å². The second-order valence-electron chi connectivity index (χ2n) is 4.13. The molecule has 0 amide bonds. The van der Waals surface area contributed by atoms with Gasteiger partial charge in [-0.25, -0.2) is 0 Å². The van der Waals surface area contributed by atoms with Crippen LogP contribution in [0.5, 0.6) is 0 Å². The van der Waals surface area contributed by atoms with Gasteiger partial charge in [-0.05, 0) is 32.0 Å². The molecule has 0 radical (unpaired) electrons. The molecule has 0 atom stereocenters. The highest BCUT2D eigenvalue weighted by Gasteiger charge is 2.29. The maximum atomic E-state index is 10.2. The SMILES string of the molecule is Cn1ccc(CC2(O)CCNCC2)n1. The quantitative estimate of drug-likeness (QED) is 0.702. The molecule has 1 fully saturated rings. The lowest BCUT2D eigenvalue weighted by Crippen LogP contribution is -2.43. The third-order valence-corrected chi connectivity index (χ3v) is 2.81. The standard InChI is InChI=1S/C10H17N3O/c1-13-7-2-9(12-13)8-10(14)3-5-11-6-4-10/h2,7,11,14H,3-6,8H2,1H3. The fourth-order valence-corrected chi connectivity index (χ4v) is 1.96. The topological polar surface area (TPSA) is 50.1 Å². The Morgan fingerprint density at radius 3 is 2.86 bits per heavy atom. The molecule has 14 heavy (non-hydrogen) atoms. The Kier molecular flexibility index (Phi) is 2.56. The van der Waals surface area contributed by atoms with Gasteiger partial charge in [0.05, 0.1) is 11.3 Å². The lowest BCUT2D eigenvalue weighted by Gasteiger charge is -2.31.